The summed E-state index contributed by atoms with van der Waals surface area (Å²) in [6.07, 6.45) is 1.75. The second-order valence-electron chi connectivity index (χ2n) is 4.29. The molecular formula is C15H11ClN2O. The number of anilines is 1. The first-order valence-electron chi connectivity index (χ1n) is 5.82. The molecule has 0 saturated carbocycles. The lowest BCUT2D eigenvalue weighted by Gasteiger charge is -2.06. The summed E-state index contributed by atoms with van der Waals surface area (Å²) in [4.78, 5) is 12.5. The number of rotatable bonds is 1. The van der Waals surface area contributed by atoms with E-state index < -0.39 is 0 Å². The highest BCUT2D eigenvalue weighted by molar-refractivity contribution is 6.34. The quantitative estimate of drug-likeness (QED) is 0.687. The average Bonchev–Trinajstić information content (AvgIpc) is 2.82. The zero-order valence-corrected chi connectivity index (χ0v) is 10.8. The molecule has 4 heteroatoms. The molecule has 0 saturated heterocycles. The Labute approximate surface area is 115 Å². The van der Waals surface area contributed by atoms with E-state index in [4.69, 9.17) is 17.3 Å². The van der Waals surface area contributed by atoms with Gasteiger partial charge in [-0.15, -0.1) is 0 Å². The molecule has 3 nitrogen and oxygen atoms in total. The summed E-state index contributed by atoms with van der Waals surface area (Å²) in [7, 11) is 0. The van der Waals surface area contributed by atoms with Gasteiger partial charge in [0.2, 0.25) is 0 Å². The third kappa shape index (κ3) is 1.98. The molecule has 0 unspecified atom stereocenters. The number of carbonyl (C=O) groups excluding carboxylic acids is 1. The topological polar surface area (TPSA) is 48.0 Å². The summed E-state index contributed by atoms with van der Waals surface area (Å²) in [5.74, 6) is -0.161. The van der Waals surface area contributed by atoms with Crippen molar-refractivity contribution in [3.05, 3.63) is 65.3 Å². The normalized spacial score (nSPS) is 10.8. The molecule has 0 radical (unpaired) electrons. The van der Waals surface area contributed by atoms with Crippen LogP contribution in [0.15, 0.2) is 54.7 Å². The molecule has 0 atom stereocenters. The number of nitrogens with zero attached hydrogens (tertiary/aromatic N) is 1. The second-order valence-corrected chi connectivity index (χ2v) is 4.70. The molecule has 0 fully saturated rings. The van der Waals surface area contributed by atoms with Crippen molar-refractivity contribution < 1.29 is 4.79 Å². The van der Waals surface area contributed by atoms with Crippen molar-refractivity contribution in [1.82, 2.24) is 4.57 Å². The van der Waals surface area contributed by atoms with Gasteiger partial charge in [-0.1, -0.05) is 29.8 Å². The number of aromatic nitrogens is 1. The molecule has 2 N–H and O–H groups in total. The van der Waals surface area contributed by atoms with E-state index in [1.807, 2.05) is 30.3 Å². The number of nitrogens with two attached hydrogens (primary N) is 1. The lowest BCUT2D eigenvalue weighted by Crippen LogP contribution is -2.11. The maximum Gasteiger partial charge on any atom is 0.263 e. The molecule has 0 aliphatic carbocycles. The Bertz CT molecular complexity index is 777. The van der Waals surface area contributed by atoms with Gasteiger partial charge in [0.05, 0.1) is 16.1 Å². The Morgan fingerprint density at radius 2 is 1.89 bits per heavy atom. The number of hydrogen-bond acceptors (Lipinski definition) is 2. The van der Waals surface area contributed by atoms with Gasteiger partial charge in [0.25, 0.3) is 5.91 Å². The van der Waals surface area contributed by atoms with Crippen LogP contribution in [0.1, 0.15) is 10.4 Å². The first-order valence-corrected chi connectivity index (χ1v) is 6.20. The molecule has 0 spiro atoms. The van der Waals surface area contributed by atoms with Crippen LogP contribution >= 0.6 is 11.6 Å². The van der Waals surface area contributed by atoms with Crippen molar-refractivity contribution >= 4 is 34.1 Å². The summed E-state index contributed by atoms with van der Waals surface area (Å²) in [5.41, 5.74) is 7.48. The van der Waals surface area contributed by atoms with Crippen LogP contribution in [-0.4, -0.2) is 10.5 Å². The third-order valence-corrected chi connectivity index (χ3v) is 3.35. The number of carbonyl (C=O) groups is 1. The largest absolute Gasteiger partial charge is 0.399 e. The molecular weight excluding hydrogens is 260 g/mol. The summed E-state index contributed by atoms with van der Waals surface area (Å²) in [6.45, 7) is 0. The summed E-state index contributed by atoms with van der Waals surface area (Å²) >= 11 is 6.08. The predicted molar refractivity (Wildman–Crippen MR) is 77.5 cm³/mol. The third-order valence-electron chi connectivity index (χ3n) is 3.04. The van der Waals surface area contributed by atoms with Gasteiger partial charge < -0.3 is 5.73 Å². The van der Waals surface area contributed by atoms with Gasteiger partial charge in [-0.05, 0) is 30.3 Å². The van der Waals surface area contributed by atoms with E-state index >= 15 is 0 Å². The first kappa shape index (κ1) is 11.8. The van der Waals surface area contributed by atoms with E-state index in [1.165, 1.54) is 0 Å². The van der Waals surface area contributed by atoms with Crippen molar-refractivity contribution in [2.24, 2.45) is 0 Å². The van der Waals surface area contributed by atoms with Gasteiger partial charge in [0.15, 0.2) is 0 Å². The lowest BCUT2D eigenvalue weighted by atomic mass is 10.2. The molecule has 2 aromatic carbocycles. The fraction of sp³-hybridized carbons (Fsp3) is 0. The fourth-order valence-electron chi connectivity index (χ4n) is 2.09. The smallest absolute Gasteiger partial charge is 0.263 e. The highest BCUT2D eigenvalue weighted by atomic mass is 35.5. The van der Waals surface area contributed by atoms with E-state index in [1.54, 1.807) is 29.0 Å². The maximum absolute atomic E-state index is 12.5. The van der Waals surface area contributed by atoms with Crippen molar-refractivity contribution in [2.75, 3.05) is 5.73 Å². The fourth-order valence-corrected chi connectivity index (χ4v) is 2.36. The Hall–Kier alpha value is -2.26. The minimum Gasteiger partial charge on any atom is -0.399 e. The van der Waals surface area contributed by atoms with Crippen LogP contribution in [0.25, 0.3) is 10.9 Å². The molecule has 3 rings (SSSR count). The Morgan fingerprint density at radius 1 is 1.11 bits per heavy atom. The Morgan fingerprint density at radius 3 is 2.68 bits per heavy atom. The van der Waals surface area contributed by atoms with Crippen LogP contribution in [-0.2, 0) is 0 Å². The molecule has 0 amide bonds. The van der Waals surface area contributed by atoms with E-state index in [9.17, 15) is 4.79 Å². The summed E-state index contributed by atoms with van der Waals surface area (Å²) in [5, 5.41) is 1.38. The number of fused-ring (bicyclic) bond motifs is 1. The van der Waals surface area contributed by atoms with Gasteiger partial charge >= 0.3 is 0 Å². The minimum atomic E-state index is -0.161. The van der Waals surface area contributed by atoms with Crippen molar-refractivity contribution in [3.63, 3.8) is 0 Å². The molecule has 3 aromatic rings. The molecule has 19 heavy (non-hydrogen) atoms. The van der Waals surface area contributed by atoms with Gasteiger partial charge in [-0.3, -0.25) is 9.36 Å². The lowest BCUT2D eigenvalue weighted by molar-refractivity contribution is 0.0965. The van der Waals surface area contributed by atoms with Gasteiger partial charge in [0.1, 0.15) is 0 Å². The second kappa shape index (κ2) is 4.44. The highest BCUT2D eigenvalue weighted by Crippen LogP contribution is 2.23. The highest BCUT2D eigenvalue weighted by Gasteiger charge is 2.14. The first-order chi connectivity index (χ1) is 9.16. The number of halogens is 1. The monoisotopic (exact) mass is 270 g/mol. The minimum absolute atomic E-state index is 0.161. The van der Waals surface area contributed by atoms with Crippen molar-refractivity contribution in [1.29, 1.82) is 0 Å². The van der Waals surface area contributed by atoms with Crippen molar-refractivity contribution in [2.45, 2.75) is 0 Å². The van der Waals surface area contributed by atoms with Crippen LogP contribution in [0.4, 0.5) is 5.69 Å². The molecule has 0 aliphatic rings. The number of nitrogen functional groups attached to an aromatic ring is 1. The van der Waals surface area contributed by atoms with E-state index in [-0.39, 0.29) is 5.91 Å². The van der Waals surface area contributed by atoms with Crippen LogP contribution in [0.5, 0.6) is 0 Å². The predicted octanol–water partition coefficient (Wildman–Crippen LogP) is 3.57. The van der Waals surface area contributed by atoms with Crippen LogP contribution < -0.4 is 5.73 Å². The van der Waals surface area contributed by atoms with Crippen molar-refractivity contribution in [3.8, 4) is 0 Å². The Kier molecular flexibility index (Phi) is 2.76. The summed E-state index contributed by atoms with van der Waals surface area (Å²) in [6, 6.07) is 14.5. The van der Waals surface area contributed by atoms with Gasteiger partial charge in [0, 0.05) is 17.3 Å². The SMILES string of the molecule is Nc1ccc(C(=O)n2ccc3ccccc32)c(Cl)c1. The number of hydrogen-bond donors (Lipinski definition) is 1. The zero-order valence-electron chi connectivity index (χ0n) is 10.0. The van der Waals surface area contributed by atoms with Crippen LogP contribution in [0.2, 0.25) is 5.02 Å². The number of para-hydroxylation sites is 1. The van der Waals surface area contributed by atoms with E-state index in [0.29, 0.717) is 16.3 Å². The number of benzene rings is 2. The Balaban J connectivity index is 2.13. The molecule has 1 aromatic heterocycles. The van der Waals surface area contributed by atoms with E-state index in [2.05, 4.69) is 0 Å². The van der Waals surface area contributed by atoms with Gasteiger partial charge in [-0.2, -0.15) is 0 Å². The van der Waals surface area contributed by atoms with Crippen LogP contribution in [0.3, 0.4) is 0 Å². The molecule has 0 bridgehead atoms. The van der Waals surface area contributed by atoms with Gasteiger partial charge in [-0.25, -0.2) is 0 Å². The molecule has 94 valence electrons. The maximum atomic E-state index is 12.5. The standard InChI is InChI=1S/C15H11ClN2O/c16-13-9-11(17)5-6-12(13)15(19)18-8-7-10-3-1-2-4-14(10)18/h1-9H,17H2. The molecule has 0 aliphatic heterocycles. The van der Waals surface area contributed by atoms with E-state index in [0.717, 1.165) is 10.9 Å². The zero-order chi connectivity index (χ0) is 13.4. The average molecular weight is 271 g/mol. The summed E-state index contributed by atoms with van der Waals surface area (Å²) < 4.78 is 1.59. The van der Waals surface area contributed by atoms with Crippen LogP contribution in [0, 0.1) is 0 Å². The molecule has 1 heterocycles.